The van der Waals surface area contributed by atoms with Gasteiger partial charge in [-0.2, -0.15) is 0 Å². The molecule has 1 fully saturated rings. The van der Waals surface area contributed by atoms with Gasteiger partial charge in [-0.25, -0.2) is 13.2 Å². The number of aliphatic hydroxyl groups is 1. The predicted octanol–water partition coefficient (Wildman–Crippen LogP) is 2.56. The molecule has 0 amide bonds. The Bertz CT molecular complexity index is 399. The van der Waals surface area contributed by atoms with E-state index in [0.717, 1.165) is 0 Å². The second-order valence-electron chi connectivity index (χ2n) is 4.26. The van der Waals surface area contributed by atoms with E-state index < -0.39 is 29.1 Å². The number of aliphatic hydroxyl groups excluding tert-OH is 1. The summed E-state index contributed by atoms with van der Waals surface area (Å²) in [7, 11) is 0. The Kier molecular flexibility index (Phi) is 3.40. The number of hydrogen-bond acceptors (Lipinski definition) is 2. The van der Waals surface area contributed by atoms with Gasteiger partial charge < -0.3 is 9.84 Å². The van der Waals surface area contributed by atoms with Crippen LogP contribution in [0.15, 0.2) is 12.1 Å². The summed E-state index contributed by atoms with van der Waals surface area (Å²) in [6.45, 7) is 2.19. The van der Waals surface area contributed by atoms with Gasteiger partial charge in [-0.05, 0) is 13.3 Å². The Morgan fingerprint density at radius 3 is 2.35 bits per heavy atom. The fourth-order valence-electron chi connectivity index (χ4n) is 2.21. The summed E-state index contributed by atoms with van der Waals surface area (Å²) in [6.07, 6.45) is -1.06. The van der Waals surface area contributed by atoms with Crippen LogP contribution in [0.5, 0.6) is 0 Å². The van der Waals surface area contributed by atoms with E-state index in [0.29, 0.717) is 25.2 Å². The minimum absolute atomic E-state index is 0.270. The molecule has 2 rings (SSSR count). The summed E-state index contributed by atoms with van der Waals surface area (Å²) in [5, 5.41) is 9.96. The van der Waals surface area contributed by atoms with E-state index in [2.05, 4.69) is 0 Å². The number of halogens is 3. The van der Waals surface area contributed by atoms with Crippen LogP contribution in [0.1, 0.15) is 25.0 Å². The molecule has 1 aliphatic rings. The molecule has 5 heteroatoms. The van der Waals surface area contributed by atoms with E-state index in [1.807, 2.05) is 0 Å². The molecule has 3 atom stereocenters. The lowest BCUT2D eigenvalue weighted by Crippen LogP contribution is -2.21. The molecule has 94 valence electrons. The smallest absolute Gasteiger partial charge is 0.134 e. The number of ether oxygens (including phenoxy) is 1. The Balaban J connectivity index is 2.33. The average Bonchev–Trinajstić information content (AvgIpc) is 2.62. The van der Waals surface area contributed by atoms with Crippen molar-refractivity contribution in [2.45, 2.75) is 25.6 Å². The van der Waals surface area contributed by atoms with Gasteiger partial charge in [-0.1, -0.05) is 0 Å². The molecule has 0 spiro atoms. The number of hydrogen-bond donors (Lipinski definition) is 1. The van der Waals surface area contributed by atoms with E-state index in [1.165, 1.54) is 0 Å². The van der Waals surface area contributed by atoms with Crippen molar-refractivity contribution >= 4 is 0 Å². The third kappa shape index (κ3) is 2.30. The van der Waals surface area contributed by atoms with Crippen LogP contribution in [0.4, 0.5) is 13.2 Å². The van der Waals surface area contributed by atoms with Crippen molar-refractivity contribution in [2.75, 3.05) is 6.61 Å². The minimum Gasteiger partial charge on any atom is -0.388 e. The highest BCUT2D eigenvalue weighted by atomic mass is 19.1. The standard InChI is InChI=1S/C12H13F3O2/c1-6-8(2-3-17-6)12(16)11-9(14)4-7(13)5-10(11)15/h4-6,8,12,16H,2-3H2,1H3. The SMILES string of the molecule is CC1OCCC1C(O)c1c(F)cc(F)cc1F. The summed E-state index contributed by atoms with van der Waals surface area (Å²) >= 11 is 0. The first-order valence-corrected chi connectivity index (χ1v) is 5.45. The van der Waals surface area contributed by atoms with Crippen LogP contribution in [-0.4, -0.2) is 17.8 Å². The fourth-order valence-corrected chi connectivity index (χ4v) is 2.21. The van der Waals surface area contributed by atoms with Crippen molar-refractivity contribution in [1.29, 1.82) is 0 Å². The normalized spacial score (nSPS) is 26.2. The maximum atomic E-state index is 13.5. The highest BCUT2D eigenvalue weighted by Crippen LogP contribution is 2.35. The average molecular weight is 246 g/mol. The highest BCUT2D eigenvalue weighted by molar-refractivity contribution is 5.24. The molecule has 1 N–H and O–H groups in total. The molecule has 3 unspecified atom stereocenters. The molecule has 0 radical (unpaired) electrons. The van der Waals surface area contributed by atoms with E-state index >= 15 is 0 Å². The van der Waals surface area contributed by atoms with Crippen LogP contribution in [0.3, 0.4) is 0 Å². The summed E-state index contributed by atoms with van der Waals surface area (Å²) < 4.78 is 44.9. The molecule has 2 nitrogen and oxygen atoms in total. The lowest BCUT2D eigenvalue weighted by molar-refractivity contribution is 0.0395. The summed E-state index contributed by atoms with van der Waals surface area (Å²) in [6, 6.07) is 1.14. The Hall–Kier alpha value is -1.07. The number of benzene rings is 1. The van der Waals surface area contributed by atoms with Crippen molar-refractivity contribution in [3.63, 3.8) is 0 Å². The van der Waals surface area contributed by atoms with Crippen LogP contribution in [0.25, 0.3) is 0 Å². The molecule has 1 aromatic carbocycles. The van der Waals surface area contributed by atoms with Gasteiger partial charge in [0.25, 0.3) is 0 Å². The van der Waals surface area contributed by atoms with Gasteiger partial charge in [0, 0.05) is 24.7 Å². The Labute approximate surface area is 97.0 Å². The first-order valence-electron chi connectivity index (χ1n) is 5.45. The van der Waals surface area contributed by atoms with E-state index in [4.69, 9.17) is 4.74 Å². The van der Waals surface area contributed by atoms with Crippen molar-refractivity contribution < 1.29 is 23.0 Å². The first kappa shape index (κ1) is 12.4. The van der Waals surface area contributed by atoms with Crippen LogP contribution >= 0.6 is 0 Å². The lowest BCUT2D eigenvalue weighted by Gasteiger charge is -2.22. The van der Waals surface area contributed by atoms with E-state index in [9.17, 15) is 18.3 Å². The zero-order valence-electron chi connectivity index (χ0n) is 9.29. The van der Waals surface area contributed by atoms with Gasteiger partial charge in [-0.15, -0.1) is 0 Å². The zero-order valence-corrected chi connectivity index (χ0v) is 9.29. The monoisotopic (exact) mass is 246 g/mol. The second kappa shape index (κ2) is 4.66. The van der Waals surface area contributed by atoms with E-state index in [-0.39, 0.29) is 12.0 Å². The summed E-state index contributed by atoms with van der Waals surface area (Å²) in [4.78, 5) is 0. The molecular weight excluding hydrogens is 233 g/mol. The van der Waals surface area contributed by atoms with Crippen LogP contribution in [0, 0.1) is 23.4 Å². The maximum absolute atomic E-state index is 13.5. The molecule has 0 aromatic heterocycles. The van der Waals surface area contributed by atoms with Crippen molar-refractivity contribution in [3.05, 3.63) is 35.1 Å². The van der Waals surface area contributed by atoms with Crippen LogP contribution in [-0.2, 0) is 4.74 Å². The summed E-state index contributed by atoms with van der Waals surface area (Å²) in [5.41, 5.74) is -0.478. The largest absolute Gasteiger partial charge is 0.388 e. The van der Waals surface area contributed by atoms with Crippen molar-refractivity contribution in [1.82, 2.24) is 0 Å². The van der Waals surface area contributed by atoms with Crippen molar-refractivity contribution in [2.24, 2.45) is 5.92 Å². The van der Waals surface area contributed by atoms with E-state index in [1.54, 1.807) is 6.92 Å². The molecule has 1 aromatic rings. The third-order valence-corrected chi connectivity index (χ3v) is 3.18. The molecular formula is C12H13F3O2. The quantitative estimate of drug-likeness (QED) is 0.869. The van der Waals surface area contributed by atoms with Gasteiger partial charge >= 0.3 is 0 Å². The summed E-state index contributed by atoms with van der Waals surface area (Å²) in [5.74, 6) is -3.49. The van der Waals surface area contributed by atoms with Gasteiger partial charge in [0.15, 0.2) is 0 Å². The molecule has 0 aliphatic carbocycles. The van der Waals surface area contributed by atoms with Crippen LogP contribution < -0.4 is 0 Å². The topological polar surface area (TPSA) is 29.5 Å². The Morgan fingerprint density at radius 2 is 1.88 bits per heavy atom. The minimum atomic E-state index is -1.31. The van der Waals surface area contributed by atoms with Crippen LogP contribution in [0.2, 0.25) is 0 Å². The zero-order chi connectivity index (χ0) is 12.6. The molecule has 0 saturated carbocycles. The first-order chi connectivity index (χ1) is 8.00. The Morgan fingerprint density at radius 1 is 1.29 bits per heavy atom. The third-order valence-electron chi connectivity index (χ3n) is 3.18. The van der Waals surface area contributed by atoms with Gasteiger partial charge in [0.05, 0.1) is 17.8 Å². The van der Waals surface area contributed by atoms with Crippen molar-refractivity contribution in [3.8, 4) is 0 Å². The fraction of sp³-hybridized carbons (Fsp3) is 0.500. The predicted molar refractivity (Wildman–Crippen MR) is 54.8 cm³/mol. The molecule has 1 saturated heterocycles. The number of rotatable bonds is 2. The lowest BCUT2D eigenvalue weighted by atomic mass is 9.90. The molecule has 17 heavy (non-hydrogen) atoms. The molecule has 0 bridgehead atoms. The molecule has 1 aliphatic heterocycles. The molecule has 1 heterocycles. The highest BCUT2D eigenvalue weighted by Gasteiger charge is 2.34. The second-order valence-corrected chi connectivity index (χ2v) is 4.26. The maximum Gasteiger partial charge on any atom is 0.134 e. The van der Waals surface area contributed by atoms with Gasteiger partial charge in [0.2, 0.25) is 0 Å². The van der Waals surface area contributed by atoms with Gasteiger partial charge in [0.1, 0.15) is 17.5 Å². The van der Waals surface area contributed by atoms with Gasteiger partial charge in [-0.3, -0.25) is 0 Å².